The molecule has 1 fully saturated rings. The van der Waals surface area contributed by atoms with Crippen LogP contribution in [0.1, 0.15) is 47.9 Å². The number of nitrogens with zero attached hydrogens (tertiary/aromatic N) is 3. The van der Waals surface area contributed by atoms with Crippen LogP contribution in [0.5, 0.6) is 0 Å². The highest BCUT2D eigenvalue weighted by atomic mass is 32.1. The van der Waals surface area contributed by atoms with Crippen molar-refractivity contribution in [3.8, 4) is 10.6 Å². The molecule has 2 aromatic rings. The third kappa shape index (κ3) is 4.59. The molecule has 1 aliphatic rings. The number of aromatic nitrogens is 2. The van der Waals surface area contributed by atoms with Gasteiger partial charge in [0.1, 0.15) is 5.01 Å². The molecule has 1 amide bonds. The van der Waals surface area contributed by atoms with Gasteiger partial charge in [-0.05, 0) is 26.2 Å². The number of hydrogen-bond donors (Lipinski definition) is 1. The van der Waals surface area contributed by atoms with Crippen LogP contribution in [0.2, 0.25) is 0 Å². The highest BCUT2D eigenvalue weighted by Gasteiger charge is 2.25. The Morgan fingerprint density at radius 1 is 1.30 bits per heavy atom. The van der Waals surface area contributed by atoms with Gasteiger partial charge in [-0.15, -0.1) is 11.3 Å². The standard InChI is InChI=1S/C20H30N4O2S/c1-3-4-6-16-18(20-22-7-14-27-20)17(19(21)25)15(2)24(16)9-5-8-23-10-12-26-13-11-23/h7,14H,3-6,8-13H2,1-2H3,(H2,21,25). The van der Waals surface area contributed by atoms with Gasteiger partial charge in [-0.2, -0.15) is 0 Å². The third-order valence-corrected chi connectivity index (χ3v) is 6.04. The van der Waals surface area contributed by atoms with E-state index in [1.807, 2.05) is 12.3 Å². The lowest BCUT2D eigenvalue weighted by Gasteiger charge is -2.26. The monoisotopic (exact) mass is 390 g/mol. The summed E-state index contributed by atoms with van der Waals surface area (Å²) in [5.74, 6) is -0.359. The molecule has 3 heterocycles. The van der Waals surface area contributed by atoms with E-state index in [0.29, 0.717) is 5.56 Å². The SMILES string of the molecule is CCCCc1c(-c2nccs2)c(C(N)=O)c(C)n1CCCN1CCOCC1. The van der Waals surface area contributed by atoms with E-state index in [4.69, 9.17) is 10.5 Å². The van der Waals surface area contributed by atoms with Gasteiger partial charge >= 0.3 is 0 Å². The maximum Gasteiger partial charge on any atom is 0.251 e. The van der Waals surface area contributed by atoms with Crippen molar-refractivity contribution in [1.29, 1.82) is 0 Å². The lowest BCUT2D eigenvalue weighted by molar-refractivity contribution is 0.0369. The molecule has 6 nitrogen and oxygen atoms in total. The van der Waals surface area contributed by atoms with Crippen molar-refractivity contribution in [3.63, 3.8) is 0 Å². The van der Waals surface area contributed by atoms with Gasteiger partial charge in [0.05, 0.1) is 18.8 Å². The average Bonchev–Trinajstić information content (AvgIpc) is 3.28. The van der Waals surface area contributed by atoms with Gasteiger partial charge in [-0.3, -0.25) is 9.69 Å². The van der Waals surface area contributed by atoms with E-state index in [1.54, 1.807) is 17.5 Å². The van der Waals surface area contributed by atoms with Crippen LogP contribution >= 0.6 is 11.3 Å². The molecule has 7 heteroatoms. The second-order valence-corrected chi connectivity index (χ2v) is 7.94. The van der Waals surface area contributed by atoms with Gasteiger partial charge in [0.25, 0.3) is 5.91 Å². The molecule has 0 radical (unpaired) electrons. The average molecular weight is 391 g/mol. The quantitative estimate of drug-likeness (QED) is 0.714. The van der Waals surface area contributed by atoms with Crippen LogP contribution in [0.25, 0.3) is 10.6 Å². The summed E-state index contributed by atoms with van der Waals surface area (Å²) in [6, 6.07) is 0. The molecule has 2 aromatic heterocycles. The largest absolute Gasteiger partial charge is 0.379 e. The molecule has 148 valence electrons. The molecule has 0 saturated carbocycles. The van der Waals surface area contributed by atoms with E-state index < -0.39 is 0 Å². The number of morpholine rings is 1. The lowest BCUT2D eigenvalue weighted by atomic mass is 10.1. The number of nitrogens with two attached hydrogens (primary N) is 1. The predicted molar refractivity (Wildman–Crippen MR) is 109 cm³/mol. The second-order valence-electron chi connectivity index (χ2n) is 7.05. The number of amides is 1. The highest BCUT2D eigenvalue weighted by Crippen LogP contribution is 2.35. The topological polar surface area (TPSA) is 73.4 Å². The van der Waals surface area contributed by atoms with E-state index in [9.17, 15) is 4.79 Å². The molecular formula is C20H30N4O2S. The summed E-state index contributed by atoms with van der Waals surface area (Å²) in [6.07, 6.45) is 5.98. The summed E-state index contributed by atoms with van der Waals surface area (Å²) in [5.41, 5.74) is 9.56. The van der Waals surface area contributed by atoms with E-state index in [0.717, 1.165) is 81.3 Å². The van der Waals surface area contributed by atoms with E-state index in [1.165, 1.54) is 5.69 Å². The molecule has 3 rings (SSSR count). The number of carbonyl (C=O) groups excluding carboxylic acids is 1. The number of carbonyl (C=O) groups is 1. The maximum absolute atomic E-state index is 12.3. The van der Waals surface area contributed by atoms with Gasteiger partial charge in [0.2, 0.25) is 0 Å². The Bertz CT molecular complexity index is 749. The number of thiazole rings is 1. The molecule has 2 N–H and O–H groups in total. The smallest absolute Gasteiger partial charge is 0.251 e. The van der Waals surface area contributed by atoms with Crippen molar-refractivity contribution in [2.75, 3.05) is 32.8 Å². The van der Waals surface area contributed by atoms with Crippen LogP contribution < -0.4 is 5.73 Å². The second kappa shape index (κ2) is 9.48. The van der Waals surface area contributed by atoms with Crippen LogP contribution in [-0.2, 0) is 17.7 Å². The molecule has 0 bridgehead atoms. The Balaban J connectivity index is 1.88. The van der Waals surface area contributed by atoms with Crippen LogP contribution in [0.4, 0.5) is 0 Å². The first kappa shape index (κ1) is 20.0. The minimum Gasteiger partial charge on any atom is -0.379 e. The number of primary amides is 1. The number of unbranched alkanes of at least 4 members (excludes halogenated alkanes) is 1. The van der Waals surface area contributed by atoms with E-state index in [2.05, 4.69) is 21.4 Å². The fourth-order valence-electron chi connectivity index (χ4n) is 3.86. The van der Waals surface area contributed by atoms with Gasteiger partial charge in [0, 0.05) is 54.7 Å². The summed E-state index contributed by atoms with van der Waals surface area (Å²) in [7, 11) is 0. The summed E-state index contributed by atoms with van der Waals surface area (Å²) in [6.45, 7) is 9.81. The van der Waals surface area contributed by atoms with E-state index in [-0.39, 0.29) is 5.91 Å². The first-order valence-electron chi connectivity index (χ1n) is 9.85. The first-order chi connectivity index (χ1) is 13.1. The van der Waals surface area contributed by atoms with E-state index >= 15 is 0 Å². The van der Waals surface area contributed by atoms with Crippen molar-refractivity contribution in [2.24, 2.45) is 5.73 Å². The Morgan fingerprint density at radius 2 is 2.07 bits per heavy atom. The zero-order valence-electron chi connectivity index (χ0n) is 16.4. The minimum atomic E-state index is -0.359. The Morgan fingerprint density at radius 3 is 2.70 bits per heavy atom. The number of ether oxygens (including phenoxy) is 1. The van der Waals surface area contributed by atoms with Crippen molar-refractivity contribution < 1.29 is 9.53 Å². The fraction of sp³-hybridized carbons (Fsp3) is 0.600. The molecule has 1 aliphatic heterocycles. The zero-order chi connectivity index (χ0) is 19.2. The molecule has 0 spiro atoms. The van der Waals surface area contributed by atoms with Crippen molar-refractivity contribution in [2.45, 2.75) is 46.1 Å². The summed E-state index contributed by atoms with van der Waals surface area (Å²) < 4.78 is 7.74. The van der Waals surface area contributed by atoms with Gasteiger partial charge < -0.3 is 15.0 Å². The Labute approximate surface area is 165 Å². The first-order valence-corrected chi connectivity index (χ1v) is 10.7. The third-order valence-electron chi connectivity index (χ3n) is 5.25. The summed E-state index contributed by atoms with van der Waals surface area (Å²) in [4.78, 5) is 19.2. The molecule has 1 saturated heterocycles. The molecule has 0 atom stereocenters. The lowest BCUT2D eigenvalue weighted by Crippen LogP contribution is -2.37. The van der Waals surface area contributed by atoms with Crippen LogP contribution in [-0.4, -0.2) is 53.2 Å². The molecule has 0 aliphatic carbocycles. The molecule has 0 aromatic carbocycles. The summed E-state index contributed by atoms with van der Waals surface area (Å²) >= 11 is 1.57. The van der Waals surface area contributed by atoms with Crippen LogP contribution in [0.15, 0.2) is 11.6 Å². The number of rotatable bonds is 9. The maximum atomic E-state index is 12.3. The van der Waals surface area contributed by atoms with Crippen molar-refractivity contribution in [3.05, 3.63) is 28.5 Å². The van der Waals surface area contributed by atoms with Gasteiger partial charge in [0.15, 0.2) is 0 Å². The van der Waals surface area contributed by atoms with Gasteiger partial charge in [-0.25, -0.2) is 4.98 Å². The zero-order valence-corrected chi connectivity index (χ0v) is 17.2. The predicted octanol–water partition coefficient (Wildman–Crippen LogP) is 3.08. The van der Waals surface area contributed by atoms with Crippen molar-refractivity contribution in [1.82, 2.24) is 14.5 Å². The Kier molecular flexibility index (Phi) is 7.04. The normalized spacial score (nSPS) is 15.3. The van der Waals surface area contributed by atoms with Gasteiger partial charge in [-0.1, -0.05) is 13.3 Å². The minimum absolute atomic E-state index is 0.359. The highest BCUT2D eigenvalue weighted by molar-refractivity contribution is 7.13. The van der Waals surface area contributed by atoms with Crippen LogP contribution in [0, 0.1) is 6.92 Å². The molecule has 0 unspecified atom stereocenters. The van der Waals surface area contributed by atoms with Crippen LogP contribution in [0.3, 0.4) is 0 Å². The fourth-order valence-corrected chi connectivity index (χ4v) is 4.57. The summed E-state index contributed by atoms with van der Waals surface area (Å²) in [5, 5.41) is 2.85. The molecular weight excluding hydrogens is 360 g/mol. The van der Waals surface area contributed by atoms with Crippen molar-refractivity contribution >= 4 is 17.2 Å². The Hall–Kier alpha value is -1.70. The number of hydrogen-bond acceptors (Lipinski definition) is 5. The molecule has 27 heavy (non-hydrogen) atoms.